The topological polar surface area (TPSA) is 75.9 Å². The number of aromatic nitrogens is 4. The predicted octanol–water partition coefficient (Wildman–Crippen LogP) is 2.67. The molecule has 1 amide bonds. The van der Waals surface area contributed by atoms with E-state index in [1.807, 2.05) is 16.6 Å². The molecule has 0 unspecified atom stereocenters. The summed E-state index contributed by atoms with van der Waals surface area (Å²) in [5, 5.41) is 8.45. The van der Waals surface area contributed by atoms with E-state index in [1.54, 1.807) is 42.7 Å². The number of aryl methyl sites for hydroxylation is 1. The van der Waals surface area contributed by atoms with Crippen LogP contribution in [-0.4, -0.2) is 37.1 Å². The first-order valence-corrected chi connectivity index (χ1v) is 9.09. The standard InChI is InChI=1S/C19H19ClN6O/c1-25-17-12-26(18(27)13-3-5-14(20)6-4-13)10-7-15(17)16(24-25)11-23-19-21-8-2-9-22-19/h2-6,8-9H,7,10-12H2,1H3,(H,21,22,23). The summed E-state index contributed by atoms with van der Waals surface area (Å²) in [6.07, 6.45) is 4.17. The minimum atomic E-state index is 0.0101. The summed E-state index contributed by atoms with van der Waals surface area (Å²) in [5.74, 6) is 0.586. The molecule has 1 N–H and O–H groups in total. The van der Waals surface area contributed by atoms with E-state index in [4.69, 9.17) is 11.6 Å². The zero-order chi connectivity index (χ0) is 18.8. The van der Waals surface area contributed by atoms with Crippen molar-refractivity contribution in [2.45, 2.75) is 19.5 Å². The number of benzene rings is 1. The Labute approximate surface area is 162 Å². The van der Waals surface area contributed by atoms with Crippen LogP contribution >= 0.6 is 11.6 Å². The molecule has 138 valence electrons. The maximum absolute atomic E-state index is 12.8. The summed E-state index contributed by atoms with van der Waals surface area (Å²) >= 11 is 5.92. The lowest BCUT2D eigenvalue weighted by molar-refractivity contribution is 0.0730. The highest BCUT2D eigenvalue weighted by Gasteiger charge is 2.27. The Hall–Kier alpha value is -2.93. The normalized spacial score (nSPS) is 13.3. The summed E-state index contributed by atoms with van der Waals surface area (Å²) in [5.41, 5.74) is 3.88. The van der Waals surface area contributed by atoms with Gasteiger partial charge in [-0.05, 0) is 36.8 Å². The zero-order valence-corrected chi connectivity index (χ0v) is 15.6. The van der Waals surface area contributed by atoms with Crippen LogP contribution in [0.15, 0.2) is 42.7 Å². The third-order valence-electron chi connectivity index (χ3n) is 4.69. The molecule has 1 aromatic carbocycles. The summed E-state index contributed by atoms with van der Waals surface area (Å²) in [6.45, 7) is 1.76. The molecule has 7 nitrogen and oxygen atoms in total. The second-order valence-electron chi connectivity index (χ2n) is 6.41. The highest BCUT2D eigenvalue weighted by molar-refractivity contribution is 6.30. The van der Waals surface area contributed by atoms with Crippen molar-refractivity contribution in [1.82, 2.24) is 24.6 Å². The third kappa shape index (κ3) is 3.64. The fourth-order valence-corrected chi connectivity index (χ4v) is 3.43. The van der Waals surface area contributed by atoms with E-state index < -0.39 is 0 Å². The van der Waals surface area contributed by atoms with Gasteiger partial charge in [0, 0.05) is 42.1 Å². The van der Waals surface area contributed by atoms with E-state index in [9.17, 15) is 4.79 Å². The van der Waals surface area contributed by atoms with Gasteiger partial charge < -0.3 is 10.2 Å². The Kier molecular flexibility index (Phi) is 4.77. The lowest BCUT2D eigenvalue weighted by Crippen LogP contribution is -2.36. The summed E-state index contributed by atoms with van der Waals surface area (Å²) in [6, 6.07) is 8.78. The second kappa shape index (κ2) is 7.36. The van der Waals surface area contributed by atoms with E-state index in [-0.39, 0.29) is 5.91 Å². The van der Waals surface area contributed by atoms with Crippen molar-refractivity contribution < 1.29 is 4.79 Å². The lowest BCUT2D eigenvalue weighted by Gasteiger charge is -2.28. The molecule has 0 saturated carbocycles. The number of hydrogen-bond donors (Lipinski definition) is 1. The first-order valence-electron chi connectivity index (χ1n) is 8.71. The molecular formula is C19H19ClN6O. The van der Waals surface area contributed by atoms with E-state index in [0.717, 1.165) is 17.8 Å². The summed E-state index contributed by atoms with van der Waals surface area (Å²) < 4.78 is 1.86. The first kappa shape index (κ1) is 17.5. The fourth-order valence-electron chi connectivity index (χ4n) is 3.30. The molecule has 0 aliphatic carbocycles. The van der Waals surface area contributed by atoms with Crippen LogP contribution in [0.4, 0.5) is 5.95 Å². The van der Waals surface area contributed by atoms with Crippen molar-refractivity contribution in [1.29, 1.82) is 0 Å². The van der Waals surface area contributed by atoms with Crippen molar-refractivity contribution >= 4 is 23.5 Å². The molecule has 1 aliphatic rings. The molecule has 0 fully saturated rings. The molecule has 1 aliphatic heterocycles. The largest absolute Gasteiger partial charge is 0.348 e. The van der Waals surface area contributed by atoms with Gasteiger partial charge in [-0.2, -0.15) is 5.10 Å². The van der Waals surface area contributed by atoms with E-state index in [2.05, 4.69) is 20.4 Å². The molecule has 3 aromatic rings. The monoisotopic (exact) mass is 382 g/mol. The van der Waals surface area contributed by atoms with Gasteiger partial charge in [0.25, 0.3) is 5.91 Å². The average Bonchev–Trinajstić information content (AvgIpc) is 3.02. The lowest BCUT2D eigenvalue weighted by atomic mass is 10.0. The maximum Gasteiger partial charge on any atom is 0.254 e. The highest BCUT2D eigenvalue weighted by atomic mass is 35.5. The van der Waals surface area contributed by atoms with Crippen LogP contribution in [0.3, 0.4) is 0 Å². The Morgan fingerprint density at radius 2 is 1.96 bits per heavy atom. The van der Waals surface area contributed by atoms with Crippen molar-refractivity contribution in [2.75, 3.05) is 11.9 Å². The average molecular weight is 383 g/mol. The van der Waals surface area contributed by atoms with Crippen molar-refractivity contribution in [2.24, 2.45) is 7.05 Å². The van der Waals surface area contributed by atoms with Gasteiger partial charge in [0.15, 0.2) is 0 Å². The molecule has 0 saturated heterocycles. The van der Waals surface area contributed by atoms with Gasteiger partial charge >= 0.3 is 0 Å². The highest BCUT2D eigenvalue weighted by Crippen LogP contribution is 2.24. The van der Waals surface area contributed by atoms with E-state index in [0.29, 0.717) is 36.2 Å². The summed E-state index contributed by atoms with van der Waals surface area (Å²) in [7, 11) is 1.91. The zero-order valence-electron chi connectivity index (χ0n) is 14.9. The van der Waals surface area contributed by atoms with Crippen LogP contribution in [-0.2, 0) is 26.6 Å². The molecule has 0 radical (unpaired) electrons. The number of rotatable bonds is 4. The second-order valence-corrected chi connectivity index (χ2v) is 6.84. The van der Waals surface area contributed by atoms with Gasteiger partial charge in [0.2, 0.25) is 5.95 Å². The molecule has 2 aromatic heterocycles. The van der Waals surface area contributed by atoms with Gasteiger partial charge in [-0.3, -0.25) is 9.48 Å². The number of carbonyl (C=O) groups is 1. The van der Waals surface area contributed by atoms with Crippen molar-refractivity contribution in [3.63, 3.8) is 0 Å². The van der Waals surface area contributed by atoms with Crippen LogP contribution in [0.5, 0.6) is 0 Å². The molecular weight excluding hydrogens is 364 g/mol. The van der Waals surface area contributed by atoms with Gasteiger partial charge in [-0.15, -0.1) is 0 Å². The minimum Gasteiger partial charge on any atom is -0.348 e. The quantitative estimate of drug-likeness (QED) is 0.750. The number of carbonyl (C=O) groups excluding carboxylic acids is 1. The third-order valence-corrected chi connectivity index (χ3v) is 4.94. The molecule has 27 heavy (non-hydrogen) atoms. The van der Waals surface area contributed by atoms with Gasteiger partial charge in [0.05, 0.1) is 24.5 Å². The number of fused-ring (bicyclic) bond motifs is 1. The molecule has 0 spiro atoms. The number of hydrogen-bond acceptors (Lipinski definition) is 5. The van der Waals surface area contributed by atoms with Crippen LogP contribution in [0.2, 0.25) is 5.02 Å². The number of amides is 1. The first-order chi connectivity index (χ1) is 13.1. The van der Waals surface area contributed by atoms with Gasteiger partial charge in [-0.25, -0.2) is 9.97 Å². The Bertz CT molecular complexity index is 954. The van der Waals surface area contributed by atoms with Crippen LogP contribution in [0.25, 0.3) is 0 Å². The Morgan fingerprint density at radius 3 is 2.70 bits per heavy atom. The molecule has 8 heteroatoms. The SMILES string of the molecule is Cn1nc(CNc2ncccn2)c2c1CN(C(=O)c1ccc(Cl)cc1)CC2. The smallest absolute Gasteiger partial charge is 0.254 e. The van der Waals surface area contributed by atoms with Crippen LogP contribution < -0.4 is 5.32 Å². The number of nitrogens with zero attached hydrogens (tertiary/aromatic N) is 5. The van der Waals surface area contributed by atoms with Gasteiger partial charge in [0.1, 0.15) is 0 Å². The van der Waals surface area contributed by atoms with Crippen molar-refractivity contribution in [3.05, 3.63) is 70.3 Å². The van der Waals surface area contributed by atoms with Crippen LogP contribution in [0, 0.1) is 0 Å². The summed E-state index contributed by atoms with van der Waals surface area (Å²) in [4.78, 5) is 23.0. The number of anilines is 1. The van der Waals surface area contributed by atoms with Gasteiger partial charge in [-0.1, -0.05) is 11.6 Å². The molecule has 0 atom stereocenters. The number of halogens is 1. The fraction of sp³-hybridized carbons (Fsp3) is 0.263. The molecule has 3 heterocycles. The Balaban J connectivity index is 1.49. The molecule has 0 bridgehead atoms. The predicted molar refractivity (Wildman–Crippen MR) is 102 cm³/mol. The Morgan fingerprint density at radius 1 is 1.22 bits per heavy atom. The van der Waals surface area contributed by atoms with E-state index >= 15 is 0 Å². The molecule has 4 rings (SSSR count). The number of nitrogens with one attached hydrogen (secondary N) is 1. The minimum absolute atomic E-state index is 0.0101. The van der Waals surface area contributed by atoms with E-state index in [1.165, 1.54) is 5.56 Å². The van der Waals surface area contributed by atoms with Crippen LogP contribution in [0.1, 0.15) is 27.3 Å². The van der Waals surface area contributed by atoms with Crippen molar-refractivity contribution in [3.8, 4) is 0 Å². The maximum atomic E-state index is 12.8.